The molecule has 0 spiro atoms. The summed E-state index contributed by atoms with van der Waals surface area (Å²) >= 11 is 0. The summed E-state index contributed by atoms with van der Waals surface area (Å²) < 4.78 is 17.6. The first-order valence-corrected chi connectivity index (χ1v) is 13.4. The Morgan fingerprint density at radius 1 is 0.550 bits per heavy atom. The van der Waals surface area contributed by atoms with E-state index in [1.165, 1.54) is 12.1 Å². The van der Waals surface area contributed by atoms with Gasteiger partial charge in [-0.2, -0.15) is 0 Å². The van der Waals surface area contributed by atoms with Gasteiger partial charge in [0.2, 0.25) is 0 Å². The first-order chi connectivity index (χ1) is 19.0. The van der Waals surface area contributed by atoms with E-state index in [4.69, 9.17) is 14.2 Å². The van der Waals surface area contributed by atoms with Gasteiger partial charge >= 0.3 is 0 Å². The highest BCUT2D eigenvalue weighted by Crippen LogP contribution is 2.38. The van der Waals surface area contributed by atoms with E-state index >= 15 is 0 Å². The minimum absolute atomic E-state index is 0.0158. The van der Waals surface area contributed by atoms with Crippen LogP contribution in [0.4, 0.5) is 11.4 Å². The van der Waals surface area contributed by atoms with Crippen LogP contribution in [0.25, 0.3) is 0 Å². The van der Waals surface area contributed by atoms with Gasteiger partial charge in [0, 0.05) is 46.5 Å². The summed E-state index contributed by atoms with van der Waals surface area (Å²) in [6.45, 7) is 6.45. The molecule has 3 aromatic carbocycles. The average Bonchev–Trinajstić information content (AvgIpc) is 2.91. The Kier molecular flexibility index (Phi) is 8.32. The Balaban J connectivity index is 2.01. The molecule has 0 N–H and O–H groups in total. The first-order valence-electron chi connectivity index (χ1n) is 13.4. The van der Waals surface area contributed by atoms with Gasteiger partial charge in [-0.15, -0.1) is 0 Å². The van der Waals surface area contributed by atoms with Crippen molar-refractivity contribution >= 4 is 11.4 Å². The molecule has 0 saturated heterocycles. The lowest BCUT2D eigenvalue weighted by Crippen LogP contribution is -2.14. The van der Waals surface area contributed by atoms with Gasteiger partial charge in [-0.1, -0.05) is 32.9 Å². The molecule has 9 nitrogen and oxygen atoms in total. The van der Waals surface area contributed by atoms with Crippen molar-refractivity contribution in [3.8, 4) is 17.2 Å². The van der Waals surface area contributed by atoms with Crippen molar-refractivity contribution in [1.29, 1.82) is 0 Å². The lowest BCUT2D eigenvalue weighted by molar-refractivity contribution is -0.385. The molecule has 0 radical (unpaired) electrons. The molecular weight excluding hydrogens is 512 g/mol. The fraction of sp³-hybridized carbons (Fsp3) is 0.419. The third kappa shape index (κ3) is 5.88. The number of methoxy groups -OCH3 is 3. The van der Waals surface area contributed by atoms with Gasteiger partial charge in [-0.3, -0.25) is 20.2 Å². The smallest absolute Gasteiger partial charge is 0.270 e. The van der Waals surface area contributed by atoms with Gasteiger partial charge in [-0.25, -0.2) is 0 Å². The highest BCUT2D eigenvalue weighted by molar-refractivity contribution is 5.55. The molecule has 4 rings (SSSR count). The Hall–Kier alpha value is -4.14. The predicted octanol–water partition coefficient (Wildman–Crippen LogP) is 6.50. The maximum absolute atomic E-state index is 11.9. The number of ether oxygens (including phenoxy) is 3. The molecule has 9 heteroatoms. The third-order valence-electron chi connectivity index (χ3n) is 7.59. The van der Waals surface area contributed by atoms with Gasteiger partial charge in [0.1, 0.15) is 17.2 Å². The second kappa shape index (κ2) is 11.5. The number of non-ortho nitro benzene ring substituents is 2. The number of nitrogens with zero attached hydrogens (tertiary/aromatic N) is 2. The minimum atomic E-state index is -0.397. The molecule has 40 heavy (non-hydrogen) atoms. The normalized spacial score (nSPS) is 13.6. The number of nitro benzene ring substituents is 2. The van der Waals surface area contributed by atoms with E-state index < -0.39 is 9.85 Å². The van der Waals surface area contributed by atoms with Crippen LogP contribution in [0.3, 0.4) is 0 Å². The zero-order valence-electron chi connectivity index (χ0n) is 24.0. The van der Waals surface area contributed by atoms with Crippen molar-refractivity contribution < 1.29 is 24.1 Å². The van der Waals surface area contributed by atoms with Crippen molar-refractivity contribution in [2.24, 2.45) is 0 Å². The monoisotopic (exact) mass is 548 g/mol. The van der Waals surface area contributed by atoms with Gasteiger partial charge < -0.3 is 14.2 Å². The van der Waals surface area contributed by atoms with Crippen LogP contribution in [0.5, 0.6) is 17.2 Å². The molecule has 0 atom stereocenters. The molecule has 0 aromatic heterocycles. The summed E-state index contributed by atoms with van der Waals surface area (Å²) in [6, 6.07) is 10.5. The third-order valence-corrected chi connectivity index (χ3v) is 7.59. The summed E-state index contributed by atoms with van der Waals surface area (Å²) in [5.41, 5.74) is 5.79. The van der Waals surface area contributed by atoms with Gasteiger partial charge in [-0.05, 0) is 60.6 Å². The van der Waals surface area contributed by atoms with Crippen LogP contribution < -0.4 is 14.2 Å². The quantitative estimate of drug-likeness (QED) is 0.264. The fourth-order valence-electron chi connectivity index (χ4n) is 5.58. The zero-order valence-corrected chi connectivity index (χ0v) is 24.0. The van der Waals surface area contributed by atoms with Crippen molar-refractivity contribution in [3.63, 3.8) is 0 Å². The second-order valence-electron chi connectivity index (χ2n) is 11.2. The molecule has 0 heterocycles. The molecule has 1 aliphatic carbocycles. The molecule has 1 aliphatic rings. The minimum Gasteiger partial charge on any atom is -0.496 e. The Bertz CT molecular complexity index is 1360. The van der Waals surface area contributed by atoms with E-state index in [0.717, 1.165) is 33.6 Å². The topological polar surface area (TPSA) is 114 Å². The summed E-state index contributed by atoms with van der Waals surface area (Å²) in [4.78, 5) is 23.0. The van der Waals surface area contributed by atoms with Crippen LogP contribution in [0.2, 0.25) is 0 Å². The molecule has 0 unspecified atom stereocenters. The molecule has 0 amide bonds. The van der Waals surface area contributed by atoms with Crippen molar-refractivity contribution in [2.75, 3.05) is 21.3 Å². The van der Waals surface area contributed by atoms with Gasteiger partial charge in [0.15, 0.2) is 0 Å². The van der Waals surface area contributed by atoms with Crippen molar-refractivity contribution in [2.45, 2.75) is 64.7 Å². The van der Waals surface area contributed by atoms with Crippen LogP contribution in [0, 0.1) is 20.2 Å². The molecule has 0 aliphatic heterocycles. The van der Waals surface area contributed by atoms with E-state index in [9.17, 15) is 20.2 Å². The predicted molar refractivity (Wildman–Crippen MR) is 153 cm³/mol. The van der Waals surface area contributed by atoms with Crippen molar-refractivity contribution in [1.82, 2.24) is 0 Å². The highest BCUT2D eigenvalue weighted by atomic mass is 16.6. The van der Waals surface area contributed by atoms with Gasteiger partial charge in [0.05, 0.1) is 31.2 Å². The maximum Gasteiger partial charge on any atom is 0.270 e. The summed E-state index contributed by atoms with van der Waals surface area (Å²) in [7, 11) is 4.77. The number of fused-ring (bicyclic) bond motifs is 6. The number of benzene rings is 3. The van der Waals surface area contributed by atoms with E-state index in [-0.39, 0.29) is 16.8 Å². The van der Waals surface area contributed by atoms with Crippen LogP contribution in [-0.2, 0) is 43.9 Å². The van der Waals surface area contributed by atoms with Crippen LogP contribution >= 0.6 is 0 Å². The van der Waals surface area contributed by atoms with Crippen LogP contribution in [0.15, 0.2) is 36.4 Å². The number of rotatable bonds is 5. The molecular formula is C31H36N2O7. The fourth-order valence-corrected chi connectivity index (χ4v) is 5.58. The number of aryl methyl sites for hydroxylation is 6. The average molecular weight is 549 g/mol. The van der Waals surface area contributed by atoms with Crippen LogP contribution in [-0.4, -0.2) is 31.2 Å². The SMILES string of the molecule is COc1c2cc([N+](=O)[O-])cc1CCc1cc(C(C)(C)C)cc(c1OC)CCc1cc([N+](=O)[O-])cc(c1OC)CC2. The van der Waals surface area contributed by atoms with Gasteiger partial charge in [0.25, 0.3) is 11.4 Å². The number of hydrogen-bond donors (Lipinski definition) is 0. The summed E-state index contributed by atoms with van der Waals surface area (Å²) in [6.07, 6.45) is 3.01. The summed E-state index contributed by atoms with van der Waals surface area (Å²) in [5, 5.41) is 23.8. The zero-order chi connectivity index (χ0) is 29.2. The lowest BCUT2D eigenvalue weighted by atomic mass is 9.83. The first kappa shape index (κ1) is 28.9. The highest BCUT2D eigenvalue weighted by Gasteiger charge is 2.24. The van der Waals surface area contributed by atoms with Crippen LogP contribution in [0.1, 0.15) is 59.7 Å². The largest absolute Gasteiger partial charge is 0.496 e. The second-order valence-corrected chi connectivity index (χ2v) is 11.2. The standard InChI is InChI=1S/C31H36N2O7/c1-31(2,3)25-13-19-7-9-21-15-26(32(34)35)17-23(29(21)39-5)11-12-24-18-27(33(36)37)16-22(30(24)40-6)10-8-20(14-25)28(19)38-4/h13-18H,7-12H2,1-6H3. The number of hydrogen-bond acceptors (Lipinski definition) is 7. The molecule has 6 bridgehead atoms. The van der Waals surface area contributed by atoms with E-state index in [2.05, 4.69) is 32.9 Å². The Morgan fingerprint density at radius 2 is 0.800 bits per heavy atom. The molecule has 212 valence electrons. The maximum atomic E-state index is 11.9. The van der Waals surface area contributed by atoms with E-state index in [1.54, 1.807) is 33.5 Å². The van der Waals surface area contributed by atoms with E-state index in [0.29, 0.717) is 61.2 Å². The molecule has 0 fully saturated rings. The molecule has 3 aromatic rings. The molecule has 0 saturated carbocycles. The Labute approximate surface area is 234 Å². The summed E-state index contributed by atoms with van der Waals surface area (Å²) in [5.74, 6) is 1.95. The Morgan fingerprint density at radius 3 is 1.00 bits per heavy atom. The lowest BCUT2D eigenvalue weighted by Gasteiger charge is -2.24. The number of nitro groups is 2. The van der Waals surface area contributed by atoms with E-state index in [1.807, 2.05) is 0 Å². The van der Waals surface area contributed by atoms with Crippen molar-refractivity contribution in [3.05, 3.63) is 95.6 Å².